The topological polar surface area (TPSA) is 93.7 Å². The van der Waals surface area contributed by atoms with Crippen molar-refractivity contribution in [2.75, 3.05) is 0 Å². The first kappa shape index (κ1) is 14.9. The van der Waals surface area contributed by atoms with E-state index in [0.717, 1.165) is 4.88 Å². The highest BCUT2D eigenvalue weighted by atomic mass is 32.1. The van der Waals surface area contributed by atoms with E-state index >= 15 is 0 Å². The summed E-state index contributed by atoms with van der Waals surface area (Å²) in [4.78, 5) is 13.9. The molecular formula is C15H11N5O2S. The zero-order valence-electron chi connectivity index (χ0n) is 11.9. The molecule has 8 heteroatoms. The smallest absolute Gasteiger partial charge is 0.330 e. The van der Waals surface area contributed by atoms with Crippen LogP contribution in [0.5, 0.6) is 0 Å². The third kappa shape index (κ3) is 3.59. The summed E-state index contributed by atoms with van der Waals surface area (Å²) in [5.41, 5.74) is 1.15. The Morgan fingerprint density at radius 3 is 2.96 bits per heavy atom. The van der Waals surface area contributed by atoms with Crippen LogP contribution >= 0.6 is 11.3 Å². The highest BCUT2D eigenvalue weighted by Crippen LogP contribution is 2.19. The Balaban J connectivity index is 1.59. The lowest BCUT2D eigenvalue weighted by molar-refractivity contribution is -0.146. The maximum Gasteiger partial charge on any atom is 0.330 e. The highest BCUT2D eigenvalue weighted by molar-refractivity contribution is 7.13. The molecule has 0 atom stereocenters. The maximum atomic E-state index is 11.9. The Morgan fingerprint density at radius 2 is 2.17 bits per heavy atom. The average Bonchev–Trinajstić information content (AvgIpc) is 3.24. The summed E-state index contributed by atoms with van der Waals surface area (Å²) >= 11 is 1.49. The number of nitriles is 1. The number of nitrogens with zero attached hydrogens (tertiary/aromatic N) is 5. The van der Waals surface area contributed by atoms with Gasteiger partial charge in [0.2, 0.25) is 5.82 Å². The Kier molecular flexibility index (Phi) is 4.40. The van der Waals surface area contributed by atoms with E-state index in [0.29, 0.717) is 17.0 Å². The number of thiophene rings is 1. The number of carbonyl (C=O) groups is 1. The molecule has 0 amide bonds. The van der Waals surface area contributed by atoms with Gasteiger partial charge >= 0.3 is 5.97 Å². The normalized spacial score (nSPS) is 10.2. The van der Waals surface area contributed by atoms with Crippen molar-refractivity contribution in [2.24, 2.45) is 0 Å². The molecule has 0 spiro atoms. The number of ether oxygens (including phenoxy) is 1. The van der Waals surface area contributed by atoms with Crippen LogP contribution in [0.2, 0.25) is 0 Å². The fourth-order valence-corrected chi connectivity index (χ4v) is 2.54. The Bertz CT molecular complexity index is 851. The molecule has 2 aromatic heterocycles. The molecule has 23 heavy (non-hydrogen) atoms. The van der Waals surface area contributed by atoms with Gasteiger partial charge in [0.25, 0.3) is 0 Å². The molecule has 0 fully saturated rings. The molecule has 0 N–H and O–H groups in total. The quantitative estimate of drug-likeness (QED) is 0.666. The van der Waals surface area contributed by atoms with Gasteiger partial charge in [0.05, 0.1) is 16.5 Å². The van der Waals surface area contributed by atoms with Crippen molar-refractivity contribution in [3.8, 4) is 16.8 Å². The average molecular weight is 325 g/mol. The Morgan fingerprint density at radius 1 is 1.30 bits per heavy atom. The van der Waals surface area contributed by atoms with E-state index in [1.54, 1.807) is 24.3 Å². The van der Waals surface area contributed by atoms with Gasteiger partial charge in [-0.2, -0.15) is 10.1 Å². The van der Waals surface area contributed by atoms with Crippen molar-refractivity contribution in [1.82, 2.24) is 20.2 Å². The monoisotopic (exact) mass is 325 g/mol. The van der Waals surface area contributed by atoms with Crippen molar-refractivity contribution in [3.05, 3.63) is 52.9 Å². The number of rotatable bonds is 5. The zero-order valence-corrected chi connectivity index (χ0v) is 12.7. The first-order valence-corrected chi connectivity index (χ1v) is 7.59. The van der Waals surface area contributed by atoms with Gasteiger partial charge in [-0.15, -0.1) is 21.5 Å². The zero-order chi connectivity index (χ0) is 16.1. The summed E-state index contributed by atoms with van der Waals surface area (Å²) in [7, 11) is 0. The van der Waals surface area contributed by atoms with Gasteiger partial charge in [-0.3, -0.25) is 0 Å². The van der Waals surface area contributed by atoms with Crippen LogP contribution in [0.4, 0.5) is 0 Å². The molecule has 2 heterocycles. The van der Waals surface area contributed by atoms with E-state index in [9.17, 15) is 4.79 Å². The van der Waals surface area contributed by atoms with Crippen LogP contribution in [0, 0.1) is 11.3 Å². The largest absolute Gasteiger partial charge is 0.459 e. The SMILES string of the molecule is N#Cc1ccccc1COC(=O)Cn1nnc(-c2cccs2)n1. The first-order chi connectivity index (χ1) is 11.3. The molecule has 7 nitrogen and oxygen atoms in total. The number of hydrogen-bond donors (Lipinski definition) is 0. The number of benzene rings is 1. The van der Waals surface area contributed by atoms with Gasteiger partial charge in [0.15, 0.2) is 6.54 Å². The Labute approximate surface area is 135 Å². The molecule has 3 aromatic rings. The van der Waals surface area contributed by atoms with E-state index in [-0.39, 0.29) is 13.2 Å². The molecule has 0 aliphatic heterocycles. The maximum absolute atomic E-state index is 11.9. The van der Waals surface area contributed by atoms with Crippen molar-refractivity contribution in [1.29, 1.82) is 5.26 Å². The van der Waals surface area contributed by atoms with Crippen molar-refractivity contribution >= 4 is 17.3 Å². The predicted molar refractivity (Wildman–Crippen MR) is 82.1 cm³/mol. The van der Waals surface area contributed by atoms with Crippen LogP contribution in [0.25, 0.3) is 10.7 Å². The van der Waals surface area contributed by atoms with E-state index in [1.807, 2.05) is 17.5 Å². The molecule has 0 aliphatic carbocycles. The molecule has 0 saturated carbocycles. The second-order valence-electron chi connectivity index (χ2n) is 4.55. The number of esters is 1. The number of tetrazole rings is 1. The van der Waals surface area contributed by atoms with Crippen LogP contribution in [0.3, 0.4) is 0 Å². The Hall–Kier alpha value is -3.05. The summed E-state index contributed by atoms with van der Waals surface area (Å²) in [6.07, 6.45) is 0. The molecule has 0 unspecified atom stereocenters. The molecule has 114 valence electrons. The van der Waals surface area contributed by atoms with Crippen molar-refractivity contribution < 1.29 is 9.53 Å². The standard InChI is InChI=1S/C15H11N5O2S/c16-8-11-4-1-2-5-12(11)10-22-14(21)9-20-18-15(17-19-20)13-6-3-7-23-13/h1-7H,9-10H2. The molecule has 1 aromatic carbocycles. The fraction of sp³-hybridized carbons (Fsp3) is 0.133. The van der Waals surface area contributed by atoms with Crippen LogP contribution in [0.1, 0.15) is 11.1 Å². The van der Waals surface area contributed by atoms with Gasteiger partial charge in [0, 0.05) is 5.56 Å². The molecule has 0 radical (unpaired) electrons. The third-order valence-corrected chi connectivity index (χ3v) is 3.86. The van der Waals surface area contributed by atoms with Crippen LogP contribution in [0.15, 0.2) is 41.8 Å². The second kappa shape index (κ2) is 6.81. The van der Waals surface area contributed by atoms with E-state index in [1.165, 1.54) is 16.1 Å². The minimum absolute atomic E-state index is 0.0368. The minimum Gasteiger partial charge on any atom is -0.459 e. The molecule has 3 rings (SSSR count). The predicted octanol–water partition coefficient (Wildman–Crippen LogP) is 2.02. The molecule has 0 bridgehead atoms. The molecule has 0 saturated heterocycles. The summed E-state index contributed by atoms with van der Waals surface area (Å²) in [6.45, 7) is -0.0951. The summed E-state index contributed by atoms with van der Waals surface area (Å²) in [5.74, 6) is -0.0181. The minimum atomic E-state index is -0.493. The first-order valence-electron chi connectivity index (χ1n) is 6.71. The number of hydrogen-bond acceptors (Lipinski definition) is 7. The van der Waals surface area contributed by atoms with E-state index in [4.69, 9.17) is 10.00 Å². The molecule has 0 aliphatic rings. The summed E-state index contributed by atoms with van der Waals surface area (Å²) in [6, 6.07) is 12.8. The van der Waals surface area contributed by atoms with Crippen LogP contribution in [-0.4, -0.2) is 26.2 Å². The van der Waals surface area contributed by atoms with Crippen molar-refractivity contribution in [2.45, 2.75) is 13.2 Å². The van der Waals surface area contributed by atoms with Crippen LogP contribution < -0.4 is 0 Å². The summed E-state index contributed by atoms with van der Waals surface area (Å²) < 4.78 is 5.16. The van der Waals surface area contributed by atoms with Gasteiger partial charge in [-0.1, -0.05) is 24.3 Å². The van der Waals surface area contributed by atoms with Crippen molar-refractivity contribution in [3.63, 3.8) is 0 Å². The van der Waals surface area contributed by atoms with E-state index in [2.05, 4.69) is 21.5 Å². The van der Waals surface area contributed by atoms with Gasteiger partial charge < -0.3 is 4.74 Å². The number of aromatic nitrogens is 4. The lowest BCUT2D eigenvalue weighted by Gasteiger charge is -2.05. The van der Waals surface area contributed by atoms with Gasteiger partial charge in [-0.05, 0) is 22.7 Å². The lowest BCUT2D eigenvalue weighted by Crippen LogP contribution is -2.16. The van der Waals surface area contributed by atoms with Gasteiger partial charge in [-0.25, -0.2) is 4.79 Å². The van der Waals surface area contributed by atoms with Crippen LogP contribution in [-0.2, 0) is 22.7 Å². The highest BCUT2D eigenvalue weighted by Gasteiger charge is 2.11. The van der Waals surface area contributed by atoms with Gasteiger partial charge in [0.1, 0.15) is 6.61 Å². The fourth-order valence-electron chi connectivity index (χ4n) is 1.89. The summed E-state index contributed by atoms with van der Waals surface area (Å²) in [5, 5.41) is 22.8. The van der Waals surface area contributed by atoms with E-state index < -0.39 is 5.97 Å². The lowest BCUT2D eigenvalue weighted by atomic mass is 10.1. The second-order valence-corrected chi connectivity index (χ2v) is 5.50. The molecular weight excluding hydrogens is 314 g/mol. The third-order valence-electron chi connectivity index (χ3n) is 2.99. The number of carbonyl (C=O) groups excluding carboxylic acids is 1.